The summed E-state index contributed by atoms with van der Waals surface area (Å²) < 4.78 is 6.30. The van der Waals surface area contributed by atoms with Gasteiger partial charge in [0.25, 0.3) is 5.56 Å². The lowest BCUT2D eigenvalue weighted by Crippen LogP contribution is -2.49. The molecule has 0 bridgehead atoms. The van der Waals surface area contributed by atoms with Crippen molar-refractivity contribution in [2.24, 2.45) is 5.16 Å². The Balaban J connectivity index is 2.34. The summed E-state index contributed by atoms with van der Waals surface area (Å²) in [5.74, 6) is 0. The summed E-state index contributed by atoms with van der Waals surface area (Å²) in [5.41, 5.74) is -3.27. The summed E-state index contributed by atoms with van der Waals surface area (Å²) in [7, 11) is 1.31. The number of H-pyrrole nitrogens is 1. The topological polar surface area (TPSA) is 146 Å². The van der Waals surface area contributed by atoms with Crippen LogP contribution in [0.5, 0.6) is 0 Å². The van der Waals surface area contributed by atoms with E-state index in [2.05, 4.69) is 9.99 Å². The van der Waals surface area contributed by atoms with Gasteiger partial charge >= 0.3 is 5.69 Å². The Morgan fingerprint density at radius 1 is 1.59 bits per heavy atom. The summed E-state index contributed by atoms with van der Waals surface area (Å²) >= 11 is 0. The predicted octanol–water partition coefficient (Wildman–Crippen LogP) is -2.46. The van der Waals surface area contributed by atoms with Crippen molar-refractivity contribution in [2.45, 2.75) is 30.5 Å². The molecule has 4 atom stereocenters. The molecule has 122 valence electrons. The Labute approximate surface area is 124 Å². The second-order valence-electron chi connectivity index (χ2n) is 4.83. The summed E-state index contributed by atoms with van der Waals surface area (Å²) in [4.78, 5) is 29.3. The third-order valence-electron chi connectivity index (χ3n) is 3.53. The van der Waals surface area contributed by atoms with Gasteiger partial charge in [-0.2, -0.15) is 0 Å². The number of ether oxygens (including phenoxy) is 1. The van der Waals surface area contributed by atoms with Gasteiger partial charge < -0.3 is 24.9 Å². The number of aromatic amines is 1. The number of nitrogens with one attached hydrogen (secondary N) is 1. The first kappa shape index (κ1) is 16.4. The largest absolute Gasteiger partial charge is 0.399 e. The van der Waals surface area contributed by atoms with E-state index in [0.717, 1.165) is 16.8 Å². The summed E-state index contributed by atoms with van der Waals surface area (Å²) in [6.07, 6.45) is -1.75. The Hall–Kier alpha value is -2.01. The van der Waals surface area contributed by atoms with E-state index in [1.165, 1.54) is 13.3 Å². The second-order valence-corrected chi connectivity index (χ2v) is 4.83. The van der Waals surface area contributed by atoms with Gasteiger partial charge in [0.1, 0.15) is 24.9 Å². The van der Waals surface area contributed by atoms with Gasteiger partial charge in [-0.05, 0) is 0 Å². The van der Waals surface area contributed by atoms with Crippen LogP contribution >= 0.6 is 0 Å². The van der Waals surface area contributed by atoms with E-state index >= 15 is 0 Å². The number of nitrogens with zero attached hydrogens (tertiary/aromatic N) is 2. The molecule has 1 aliphatic heterocycles. The molecule has 1 aromatic heterocycles. The minimum Gasteiger partial charge on any atom is -0.399 e. The van der Waals surface area contributed by atoms with Crippen molar-refractivity contribution < 1.29 is 24.9 Å². The van der Waals surface area contributed by atoms with E-state index in [1.807, 2.05) is 4.98 Å². The van der Waals surface area contributed by atoms with Crippen LogP contribution in [0.4, 0.5) is 0 Å². The monoisotopic (exact) mass is 315 g/mol. The zero-order valence-corrected chi connectivity index (χ0v) is 11.7. The molecule has 1 aromatic rings. The molecule has 22 heavy (non-hydrogen) atoms. The van der Waals surface area contributed by atoms with Gasteiger partial charge in [-0.1, -0.05) is 5.16 Å². The zero-order valence-electron chi connectivity index (χ0n) is 11.7. The Morgan fingerprint density at radius 2 is 2.32 bits per heavy atom. The number of hydrogen-bond acceptors (Lipinski definition) is 8. The van der Waals surface area contributed by atoms with Crippen LogP contribution in [0, 0.1) is 0 Å². The van der Waals surface area contributed by atoms with E-state index in [0.29, 0.717) is 0 Å². The first-order valence-corrected chi connectivity index (χ1v) is 6.47. The number of hydrogen-bond donors (Lipinski definition) is 4. The molecule has 2 rings (SSSR count). The van der Waals surface area contributed by atoms with Crippen molar-refractivity contribution in [2.75, 3.05) is 13.7 Å². The maximum atomic E-state index is 11.8. The van der Waals surface area contributed by atoms with Gasteiger partial charge in [-0.15, -0.1) is 0 Å². The molecule has 0 radical (unpaired) electrons. The zero-order chi connectivity index (χ0) is 16.3. The first-order valence-electron chi connectivity index (χ1n) is 6.47. The molecule has 0 aromatic carbocycles. The van der Waals surface area contributed by atoms with Crippen molar-refractivity contribution in [1.82, 2.24) is 9.55 Å². The van der Waals surface area contributed by atoms with Crippen molar-refractivity contribution in [1.29, 1.82) is 0 Å². The molecule has 2 heterocycles. The molecular formula is C12H17N3O7. The van der Waals surface area contributed by atoms with E-state index in [-0.39, 0.29) is 6.42 Å². The number of aromatic nitrogens is 2. The number of aliphatic hydroxyl groups excluding tert-OH is 2. The van der Waals surface area contributed by atoms with Crippen molar-refractivity contribution in [3.8, 4) is 0 Å². The van der Waals surface area contributed by atoms with Gasteiger partial charge in [0.2, 0.25) is 0 Å². The number of aliphatic hydroxyl groups is 3. The fourth-order valence-corrected chi connectivity index (χ4v) is 2.35. The average Bonchev–Trinajstić information content (AvgIpc) is 2.72. The molecule has 0 spiro atoms. The van der Waals surface area contributed by atoms with Gasteiger partial charge in [-0.25, -0.2) is 4.79 Å². The Morgan fingerprint density at radius 3 is 2.91 bits per heavy atom. The van der Waals surface area contributed by atoms with Gasteiger partial charge in [0, 0.05) is 24.9 Å². The van der Waals surface area contributed by atoms with Gasteiger partial charge in [-0.3, -0.25) is 14.3 Å². The van der Waals surface area contributed by atoms with Crippen LogP contribution in [0.2, 0.25) is 0 Å². The normalized spacial score (nSPS) is 31.7. The molecule has 0 unspecified atom stereocenters. The summed E-state index contributed by atoms with van der Waals surface area (Å²) in [6, 6.07) is 1.08. The van der Waals surface area contributed by atoms with Crippen LogP contribution in [-0.4, -0.2) is 62.6 Å². The molecule has 1 fully saturated rings. The summed E-state index contributed by atoms with van der Waals surface area (Å²) in [6.45, 7) is -0.580. The minimum atomic E-state index is -1.86. The molecule has 1 saturated heterocycles. The van der Waals surface area contributed by atoms with Crippen molar-refractivity contribution in [3.63, 3.8) is 0 Å². The molecule has 10 heteroatoms. The number of rotatable bonds is 5. The average molecular weight is 315 g/mol. The summed E-state index contributed by atoms with van der Waals surface area (Å²) in [5, 5.41) is 33.7. The molecule has 4 N–H and O–H groups in total. The highest BCUT2D eigenvalue weighted by Gasteiger charge is 2.55. The lowest BCUT2D eigenvalue weighted by atomic mass is 9.89. The fourth-order valence-electron chi connectivity index (χ4n) is 2.35. The highest BCUT2D eigenvalue weighted by Crippen LogP contribution is 2.38. The van der Waals surface area contributed by atoms with E-state index in [9.17, 15) is 24.9 Å². The lowest BCUT2D eigenvalue weighted by molar-refractivity contribution is -0.0875. The molecule has 0 aliphatic carbocycles. The smallest absolute Gasteiger partial charge is 0.330 e. The molecule has 0 amide bonds. The SMILES string of the molecule is CO/N=C\C[C@@]1(O)[C@@H](CO)O[C@@H](n2ccc(=O)[nH]c2=O)[C@@H]1O. The van der Waals surface area contributed by atoms with Gasteiger partial charge in [0.05, 0.1) is 6.61 Å². The molecule has 1 aliphatic rings. The highest BCUT2D eigenvalue weighted by atomic mass is 16.6. The Kier molecular flexibility index (Phi) is 4.76. The van der Waals surface area contributed by atoms with E-state index in [1.54, 1.807) is 0 Å². The van der Waals surface area contributed by atoms with E-state index < -0.39 is 41.9 Å². The third kappa shape index (κ3) is 2.81. The first-order chi connectivity index (χ1) is 10.4. The van der Waals surface area contributed by atoms with Crippen LogP contribution in [0.25, 0.3) is 0 Å². The minimum absolute atomic E-state index is 0.165. The number of oxime groups is 1. The fraction of sp³-hybridized carbons (Fsp3) is 0.583. The van der Waals surface area contributed by atoms with Crippen LogP contribution in [0.15, 0.2) is 27.0 Å². The second kappa shape index (κ2) is 6.40. The van der Waals surface area contributed by atoms with Crippen molar-refractivity contribution in [3.05, 3.63) is 33.1 Å². The maximum Gasteiger partial charge on any atom is 0.330 e. The lowest BCUT2D eigenvalue weighted by Gasteiger charge is -2.28. The molecule has 10 nitrogen and oxygen atoms in total. The quantitative estimate of drug-likeness (QED) is 0.348. The van der Waals surface area contributed by atoms with Crippen LogP contribution in [-0.2, 0) is 9.57 Å². The van der Waals surface area contributed by atoms with Crippen molar-refractivity contribution >= 4 is 6.21 Å². The van der Waals surface area contributed by atoms with Gasteiger partial charge in [0.15, 0.2) is 6.23 Å². The molecular weight excluding hydrogens is 298 g/mol. The van der Waals surface area contributed by atoms with Crippen LogP contribution in [0.1, 0.15) is 12.6 Å². The third-order valence-corrected chi connectivity index (χ3v) is 3.53. The van der Waals surface area contributed by atoms with E-state index in [4.69, 9.17) is 4.74 Å². The highest BCUT2D eigenvalue weighted by molar-refractivity contribution is 5.58. The van der Waals surface area contributed by atoms with Crippen LogP contribution in [0.3, 0.4) is 0 Å². The predicted molar refractivity (Wildman–Crippen MR) is 73.4 cm³/mol. The molecule has 0 saturated carbocycles. The standard InChI is InChI=1S/C12H17N3O7/c1-21-13-4-3-12(20)7(6-16)22-10(9(12)18)15-5-2-8(17)14-11(15)19/h2,4-5,7,9-10,16,18,20H,3,6H2,1H3,(H,14,17,19)/b13-4-/t7-,9+,10-,12-/m1/s1. The van der Waals surface area contributed by atoms with Crippen LogP contribution < -0.4 is 11.2 Å². The maximum absolute atomic E-state index is 11.8. The Bertz CT molecular complexity index is 655.